The summed E-state index contributed by atoms with van der Waals surface area (Å²) in [6.07, 6.45) is 0.131. The van der Waals surface area contributed by atoms with E-state index in [1.54, 1.807) is 42.5 Å². The number of benzene rings is 2. The predicted octanol–water partition coefficient (Wildman–Crippen LogP) is 2.24. The van der Waals surface area contributed by atoms with Crippen molar-refractivity contribution in [2.75, 3.05) is 41.3 Å². The van der Waals surface area contributed by atoms with Gasteiger partial charge in [-0.2, -0.15) is 0 Å². The molecule has 1 unspecified atom stereocenters. The Balaban J connectivity index is 1.42. The van der Waals surface area contributed by atoms with Crippen molar-refractivity contribution in [3.8, 4) is 0 Å². The third-order valence-corrected chi connectivity index (χ3v) is 5.52. The number of hydrogen-bond donors (Lipinski definition) is 1. The Labute approximate surface area is 174 Å². The van der Waals surface area contributed by atoms with E-state index in [1.165, 1.54) is 17.9 Å². The van der Waals surface area contributed by atoms with Gasteiger partial charge in [0.05, 0.1) is 23.8 Å². The van der Waals surface area contributed by atoms with Crippen LogP contribution in [0.2, 0.25) is 0 Å². The molecule has 2 aliphatic heterocycles. The van der Waals surface area contributed by atoms with Crippen LogP contribution in [0.1, 0.15) is 13.3 Å². The molecule has 0 aromatic heterocycles. The van der Waals surface area contributed by atoms with Crippen LogP contribution in [0.3, 0.4) is 0 Å². The standard InChI is InChI=1S/C22H23FN4O3/c1-15(28)24-16-6-8-17(9-7-16)27-21(29)14-20(22(27)30)26-12-10-25(11-13-26)19-5-3-2-4-18(19)23/h2-9,20H,10-14H2,1H3,(H,24,28). The van der Waals surface area contributed by atoms with E-state index in [0.29, 0.717) is 43.2 Å². The van der Waals surface area contributed by atoms with Crippen molar-refractivity contribution in [2.24, 2.45) is 0 Å². The van der Waals surface area contributed by atoms with E-state index in [1.807, 2.05) is 9.80 Å². The molecule has 8 heteroatoms. The van der Waals surface area contributed by atoms with Crippen LogP contribution in [0.15, 0.2) is 48.5 Å². The molecule has 2 aliphatic rings. The van der Waals surface area contributed by atoms with E-state index >= 15 is 0 Å². The number of anilines is 3. The summed E-state index contributed by atoms with van der Waals surface area (Å²) in [5, 5.41) is 2.66. The lowest BCUT2D eigenvalue weighted by atomic mass is 10.1. The van der Waals surface area contributed by atoms with E-state index in [4.69, 9.17) is 0 Å². The van der Waals surface area contributed by atoms with E-state index < -0.39 is 6.04 Å². The molecule has 2 aromatic rings. The van der Waals surface area contributed by atoms with Crippen molar-refractivity contribution >= 4 is 34.8 Å². The summed E-state index contributed by atoms with van der Waals surface area (Å²) in [7, 11) is 0. The van der Waals surface area contributed by atoms with Crippen molar-refractivity contribution in [1.82, 2.24) is 4.90 Å². The molecule has 156 valence electrons. The van der Waals surface area contributed by atoms with Gasteiger partial charge in [-0.1, -0.05) is 12.1 Å². The maximum Gasteiger partial charge on any atom is 0.251 e. The minimum atomic E-state index is -0.504. The van der Waals surface area contributed by atoms with Gasteiger partial charge < -0.3 is 10.2 Å². The van der Waals surface area contributed by atoms with Crippen LogP contribution >= 0.6 is 0 Å². The Morgan fingerprint density at radius 3 is 2.30 bits per heavy atom. The van der Waals surface area contributed by atoms with Gasteiger partial charge in [0, 0.05) is 38.8 Å². The van der Waals surface area contributed by atoms with E-state index in [2.05, 4.69) is 5.32 Å². The third kappa shape index (κ3) is 3.91. The van der Waals surface area contributed by atoms with Gasteiger partial charge in [-0.3, -0.25) is 19.3 Å². The van der Waals surface area contributed by atoms with Gasteiger partial charge in [0.1, 0.15) is 5.82 Å². The second kappa shape index (κ2) is 8.23. The molecule has 1 atom stereocenters. The van der Waals surface area contributed by atoms with Crippen LogP contribution in [-0.4, -0.2) is 54.8 Å². The lowest BCUT2D eigenvalue weighted by Crippen LogP contribution is -2.52. The Morgan fingerprint density at radius 2 is 1.67 bits per heavy atom. The topological polar surface area (TPSA) is 73.0 Å². The molecule has 0 aliphatic carbocycles. The number of para-hydroxylation sites is 1. The molecule has 0 radical (unpaired) electrons. The molecule has 2 saturated heterocycles. The fraction of sp³-hybridized carbons (Fsp3) is 0.318. The fourth-order valence-corrected chi connectivity index (χ4v) is 4.05. The first-order valence-corrected chi connectivity index (χ1v) is 9.92. The highest BCUT2D eigenvalue weighted by Gasteiger charge is 2.43. The number of imide groups is 1. The van der Waals surface area contributed by atoms with Gasteiger partial charge in [-0.15, -0.1) is 0 Å². The number of nitrogens with zero attached hydrogens (tertiary/aromatic N) is 3. The Morgan fingerprint density at radius 1 is 1.00 bits per heavy atom. The molecule has 0 bridgehead atoms. The first kappa shape index (κ1) is 20.0. The predicted molar refractivity (Wildman–Crippen MR) is 112 cm³/mol. The first-order chi connectivity index (χ1) is 14.4. The maximum atomic E-state index is 14.0. The molecule has 2 aromatic carbocycles. The van der Waals surface area contributed by atoms with Gasteiger partial charge in [-0.25, -0.2) is 9.29 Å². The molecule has 3 amide bonds. The fourth-order valence-electron chi connectivity index (χ4n) is 4.05. The average molecular weight is 410 g/mol. The number of piperazine rings is 1. The van der Waals surface area contributed by atoms with Crippen LogP contribution < -0.4 is 15.1 Å². The van der Waals surface area contributed by atoms with Gasteiger partial charge in [0.2, 0.25) is 11.8 Å². The highest BCUT2D eigenvalue weighted by atomic mass is 19.1. The third-order valence-electron chi connectivity index (χ3n) is 5.52. The lowest BCUT2D eigenvalue weighted by Gasteiger charge is -2.38. The zero-order valence-electron chi connectivity index (χ0n) is 16.7. The van der Waals surface area contributed by atoms with Gasteiger partial charge in [-0.05, 0) is 36.4 Å². The zero-order chi connectivity index (χ0) is 21.3. The zero-order valence-corrected chi connectivity index (χ0v) is 16.7. The molecule has 1 N–H and O–H groups in total. The maximum absolute atomic E-state index is 14.0. The summed E-state index contributed by atoms with van der Waals surface area (Å²) in [4.78, 5) is 41.9. The number of amides is 3. The van der Waals surface area contributed by atoms with Crippen molar-refractivity contribution in [3.63, 3.8) is 0 Å². The molecular formula is C22H23FN4O3. The van der Waals surface area contributed by atoms with Crippen molar-refractivity contribution in [3.05, 3.63) is 54.3 Å². The van der Waals surface area contributed by atoms with E-state index in [9.17, 15) is 18.8 Å². The second-order valence-corrected chi connectivity index (χ2v) is 7.49. The highest BCUT2D eigenvalue weighted by molar-refractivity contribution is 6.22. The monoisotopic (exact) mass is 410 g/mol. The minimum absolute atomic E-state index is 0.131. The number of hydrogen-bond acceptors (Lipinski definition) is 5. The van der Waals surface area contributed by atoms with Crippen LogP contribution in [-0.2, 0) is 14.4 Å². The van der Waals surface area contributed by atoms with Crippen molar-refractivity contribution < 1.29 is 18.8 Å². The van der Waals surface area contributed by atoms with Gasteiger partial charge in [0.25, 0.3) is 5.91 Å². The molecule has 7 nitrogen and oxygen atoms in total. The normalized spacial score (nSPS) is 20.0. The summed E-state index contributed by atoms with van der Waals surface area (Å²) >= 11 is 0. The molecule has 2 heterocycles. The molecule has 0 saturated carbocycles. The summed E-state index contributed by atoms with van der Waals surface area (Å²) < 4.78 is 14.0. The smallest absolute Gasteiger partial charge is 0.251 e. The van der Waals surface area contributed by atoms with E-state index in [0.717, 1.165) is 0 Å². The minimum Gasteiger partial charge on any atom is -0.367 e. The Kier molecular flexibility index (Phi) is 5.50. The number of nitrogens with one attached hydrogen (secondary N) is 1. The highest BCUT2D eigenvalue weighted by Crippen LogP contribution is 2.28. The van der Waals surface area contributed by atoms with Crippen molar-refractivity contribution in [1.29, 1.82) is 0 Å². The summed E-state index contributed by atoms with van der Waals surface area (Å²) in [6, 6.07) is 12.8. The SMILES string of the molecule is CC(=O)Nc1ccc(N2C(=O)CC(N3CCN(c4ccccc4F)CC3)C2=O)cc1. The molecule has 2 fully saturated rings. The van der Waals surface area contributed by atoms with Crippen LogP contribution in [0.5, 0.6) is 0 Å². The largest absolute Gasteiger partial charge is 0.367 e. The summed E-state index contributed by atoms with van der Waals surface area (Å²) in [5.41, 5.74) is 1.66. The van der Waals surface area contributed by atoms with Crippen LogP contribution in [0.4, 0.5) is 21.5 Å². The number of carbonyl (C=O) groups excluding carboxylic acids is 3. The number of carbonyl (C=O) groups is 3. The number of halogens is 1. The summed E-state index contributed by atoms with van der Waals surface area (Å²) in [5.74, 6) is -0.932. The Bertz CT molecular complexity index is 971. The first-order valence-electron chi connectivity index (χ1n) is 9.92. The lowest BCUT2D eigenvalue weighted by molar-refractivity contribution is -0.123. The van der Waals surface area contributed by atoms with Gasteiger partial charge in [0.15, 0.2) is 0 Å². The quantitative estimate of drug-likeness (QED) is 0.783. The van der Waals surface area contributed by atoms with Crippen molar-refractivity contribution in [2.45, 2.75) is 19.4 Å². The van der Waals surface area contributed by atoms with E-state index in [-0.39, 0.29) is 30.0 Å². The Hall–Kier alpha value is -3.26. The average Bonchev–Trinajstić information content (AvgIpc) is 3.03. The summed E-state index contributed by atoms with van der Waals surface area (Å²) in [6.45, 7) is 3.74. The number of rotatable bonds is 4. The van der Waals surface area contributed by atoms with Crippen LogP contribution in [0, 0.1) is 5.82 Å². The van der Waals surface area contributed by atoms with Gasteiger partial charge >= 0.3 is 0 Å². The second-order valence-electron chi connectivity index (χ2n) is 7.49. The molecule has 0 spiro atoms. The van der Waals surface area contributed by atoms with Crippen LogP contribution in [0.25, 0.3) is 0 Å². The molecular weight excluding hydrogens is 387 g/mol. The molecule has 4 rings (SSSR count). The molecule has 30 heavy (non-hydrogen) atoms.